The summed E-state index contributed by atoms with van der Waals surface area (Å²) in [5.74, 6) is 0.168. The Morgan fingerprint density at radius 3 is 2.71 bits per heavy atom. The monoisotopic (exact) mass is 398 g/mol. The Balaban J connectivity index is 2.03. The zero-order chi connectivity index (χ0) is 20.1. The van der Waals surface area contributed by atoms with Crippen LogP contribution >= 0.6 is 11.8 Å². The van der Waals surface area contributed by atoms with Gasteiger partial charge in [-0.2, -0.15) is 0 Å². The van der Waals surface area contributed by atoms with Gasteiger partial charge in [0.15, 0.2) is 5.16 Å². The molecule has 3 aromatic rings. The maximum absolute atomic E-state index is 13.1. The van der Waals surface area contributed by atoms with E-state index in [2.05, 4.69) is 17.2 Å². The number of thioether (sulfide) groups is 1. The number of aromatic amines is 1. The number of hydrogen-bond donors (Lipinski definition) is 2. The minimum Gasteiger partial charge on any atom is -0.355 e. The first-order valence-electron chi connectivity index (χ1n) is 9.60. The van der Waals surface area contributed by atoms with Gasteiger partial charge in [0.25, 0.3) is 5.56 Å². The molecule has 0 aliphatic rings. The van der Waals surface area contributed by atoms with Crippen LogP contribution in [-0.2, 0) is 11.3 Å². The number of unbranched alkanes of at least 4 members (excludes halogenated alkanes) is 1. The average molecular weight is 399 g/mol. The Hall–Kier alpha value is -2.54. The number of H-pyrrole nitrogens is 1. The number of nitrogens with zero attached hydrogens (tertiary/aromatic N) is 2. The molecule has 0 saturated carbocycles. The number of carbonyl (C=O) groups excluding carboxylic acids is 1. The summed E-state index contributed by atoms with van der Waals surface area (Å²) in [5, 5.41) is 3.46. The second kappa shape index (κ2) is 9.10. The summed E-state index contributed by atoms with van der Waals surface area (Å²) in [6, 6.07) is 9.95. The number of rotatable bonds is 8. The molecule has 1 aromatic carbocycles. The quantitative estimate of drug-likeness (QED) is 0.447. The van der Waals surface area contributed by atoms with Crippen LogP contribution in [0.15, 0.2) is 46.5 Å². The van der Waals surface area contributed by atoms with E-state index in [1.165, 1.54) is 11.8 Å². The maximum Gasteiger partial charge on any atom is 0.278 e. The fourth-order valence-electron chi connectivity index (χ4n) is 3.03. The van der Waals surface area contributed by atoms with Crippen LogP contribution in [0.4, 0.5) is 0 Å². The van der Waals surface area contributed by atoms with Crippen LogP contribution in [0.25, 0.3) is 22.2 Å². The van der Waals surface area contributed by atoms with Gasteiger partial charge < -0.3 is 10.3 Å². The molecular formula is C21H26N4O2S. The molecule has 0 unspecified atom stereocenters. The normalized spacial score (nSPS) is 11.3. The number of benzene rings is 1. The number of fused-ring (bicyclic) bond motifs is 1. The number of carbonyl (C=O) groups is 1. The van der Waals surface area contributed by atoms with Gasteiger partial charge in [-0.15, -0.1) is 0 Å². The van der Waals surface area contributed by atoms with Gasteiger partial charge in [-0.3, -0.25) is 14.2 Å². The number of aromatic nitrogens is 3. The molecular weight excluding hydrogens is 372 g/mol. The van der Waals surface area contributed by atoms with Crippen molar-refractivity contribution in [3.05, 3.63) is 46.9 Å². The van der Waals surface area contributed by atoms with Crippen molar-refractivity contribution in [3.8, 4) is 11.1 Å². The third-order valence-electron chi connectivity index (χ3n) is 4.35. The van der Waals surface area contributed by atoms with Crippen LogP contribution < -0.4 is 10.9 Å². The molecule has 0 aliphatic heterocycles. The zero-order valence-corrected chi connectivity index (χ0v) is 17.3. The van der Waals surface area contributed by atoms with Crippen molar-refractivity contribution in [1.82, 2.24) is 19.9 Å². The lowest BCUT2D eigenvalue weighted by Gasteiger charge is -2.13. The molecule has 0 spiro atoms. The summed E-state index contributed by atoms with van der Waals surface area (Å²) < 4.78 is 1.68. The Bertz CT molecular complexity index is 1010. The summed E-state index contributed by atoms with van der Waals surface area (Å²) in [6.45, 7) is 6.53. The fraction of sp³-hybridized carbons (Fsp3) is 0.381. The van der Waals surface area contributed by atoms with Crippen molar-refractivity contribution in [3.63, 3.8) is 0 Å². The molecule has 7 heteroatoms. The predicted octanol–water partition coefficient (Wildman–Crippen LogP) is 3.81. The van der Waals surface area contributed by atoms with E-state index in [1.807, 2.05) is 50.4 Å². The number of nitrogens with one attached hydrogen (secondary N) is 2. The Morgan fingerprint density at radius 1 is 1.29 bits per heavy atom. The number of amides is 1. The predicted molar refractivity (Wildman–Crippen MR) is 115 cm³/mol. The molecule has 0 saturated heterocycles. The SMILES string of the molecule is CCCCn1c(SCC(=O)NC(C)C)nc2c(-c3ccccc3)c[nH]c2c1=O. The van der Waals surface area contributed by atoms with Crippen molar-refractivity contribution in [1.29, 1.82) is 0 Å². The molecule has 0 radical (unpaired) electrons. The minimum absolute atomic E-state index is 0.0614. The van der Waals surface area contributed by atoms with Crippen LogP contribution in [0.2, 0.25) is 0 Å². The van der Waals surface area contributed by atoms with E-state index >= 15 is 0 Å². The molecule has 28 heavy (non-hydrogen) atoms. The Labute approximate surface area is 168 Å². The highest BCUT2D eigenvalue weighted by Gasteiger charge is 2.17. The van der Waals surface area contributed by atoms with Gasteiger partial charge in [-0.05, 0) is 25.8 Å². The van der Waals surface area contributed by atoms with Crippen molar-refractivity contribution in [2.24, 2.45) is 0 Å². The molecule has 2 heterocycles. The van der Waals surface area contributed by atoms with Crippen LogP contribution in [0.5, 0.6) is 0 Å². The molecule has 6 nitrogen and oxygen atoms in total. The zero-order valence-electron chi connectivity index (χ0n) is 16.5. The first-order chi connectivity index (χ1) is 13.5. The van der Waals surface area contributed by atoms with Crippen LogP contribution in [0.3, 0.4) is 0 Å². The standard InChI is InChI=1S/C21H26N4O2S/c1-4-5-11-25-20(27)19-18(16(12-22-19)15-9-7-6-8-10-15)24-21(25)28-13-17(26)23-14(2)3/h6-10,12,14,22H,4-5,11,13H2,1-3H3,(H,23,26). The summed E-state index contributed by atoms with van der Waals surface area (Å²) in [5.41, 5.74) is 2.96. The van der Waals surface area contributed by atoms with Gasteiger partial charge in [0.1, 0.15) is 11.0 Å². The van der Waals surface area contributed by atoms with Gasteiger partial charge in [0.2, 0.25) is 5.91 Å². The molecule has 0 fully saturated rings. The first-order valence-corrected chi connectivity index (χ1v) is 10.6. The highest BCUT2D eigenvalue weighted by Crippen LogP contribution is 2.27. The molecule has 0 aliphatic carbocycles. The highest BCUT2D eigenvalue weighted by atomic mass is 32.2. The topological polar surface area (TPSA) is 79.8 Å². The summed E-state index contributed by atoms with van der Waals surface area (Å²) in [6.07, 6.45) is 3.69. The van der Waals surface area contributed by atoms with E-state index in [0.29, 0.717) is 22.7 Å². The van der Waals surface area contributed by atoms with Crippen LogP contribution in [0.1, 0.15) is 33.6 Å². The lowest BCUT2D eigenvalue weighted by molar-refractivity contribution is -0.119. The van der Waals surface area contributed by atoms with Gasteiger partial charge in [0.05, 0.1) is 5.75 Å². The van der Waals surface area contributed by atoms with Crippen molar-refractivity contribution in [2.45, 2.75) is 51.4 Å². The van der Waals surface area contributed by atoms with E-state index in [-0.39, 0.29) is 23.3 Å². The maximum atomic E-state index is 13.1. The highest BCUT2D eigenvalue weighted by molar-refractivity contribution is 7.99. The van der Waals surface area contributed by atoms with Gasteiger partial charge >= 0.3 is 0 Å². The molecule has 0 bridgehead atoms. The molecule has 1 amide bonds. The second-order valence-corrected chi connectivity index (χ2v) is 7.95. The van der Waals surface area contributed by atoms with E-state index in [9.17, 15) is 9.59 Å². The average Bonchev–Trinajstić information content (AvgIpc) is 3.10. The van der Waals surface area contributed by atoms with Crippen molar-refractivity contribution >= 4 is 28.7 Å². The summed E-state index contributed by atoms with van der Waals surface area (Å²) in [4.78, 5) is 33.1. The second-order valence-electron chi connectivity index (χ2n) is 7.01. The smallest absolute Gasteiger partial charge is 0.278 e. The van der Waals surface area contributed by atoms with Crippen molar-refractivity contribution in [2.75, 3.05) is 5.75 Å². The van der Waals surface area contributed by atoms with Crippen LogP contribution in [0, 0.1) is 0 Å². The van der Waals surface area contributed by atoms with Crippen molar-refractivity contribution < 1.29 is 4.79 Å². The lowest BCUT2D eigenvalue weighted by Crippen LogP contribution is -2.32. The van der Waals surface area contributed by atoms with E-state index < -0.39 is 0 Å². The van der Waals surface area contributed by atoms with E-state index in [0.717, 1.165) is 24.0 Å². The lowest BCUT2D eigenvalue weighted by atomic mass is 10.1. The molecule has 2 N–H and O–H groups in total. The third kappa shape index (κ3) is 4.47. The molecule has 2 aromatic heterocycles. The fourth-order valence-corrected chi connectivity index (χ4v) is 3.86. The van der Waals surface area contributed by atoms with Gasteiger partial charge in [0, 0.05) is 24.3 Å². The van der Waals surface area contributed by atoms with E-state index in [1.54, 1.807) is 4.57 Å². The largest absolute Gasteiger partial charge is 0.355 e. The minimum atomic E-state index is -0.0904. The van der Waals surface area contributed by atoms with E-state index in [4.69, 9.17) is 4.98 Å². The molecule has 3 rings (SSSR count). The van der Waals surface area contributed by atoms with Crippen LogP contribution in [-0.4, -0.2) is 32.2 Å². The summed E-state index contributed by atoms with van der Waals surface area (Å²) >= 11 is 1.31. The molecule has 0 atom stereocenters. The molecule has 148 valence electrons. The number of hydrogen-bond acceptors (Lipinski definition) is 4. The van der Waals surface area contributed by atoms with Gasteiger partial charge in [-0.25, -0.2) is 4.98 Å². The van der Waals surface area contributed by atoms with Gasteiger partial charge in [-0.1, -0.05) is 55.4 Å². The summed E-state index contributed by atoms with van der Waals surface area (Å²) in [7, 11) is 0. The first kappa shape index (κ1) is 20.2. The third-order valence-corrected chi connectivity index (χ3v) is 5.33. The Kier molecular flexibility index (Phi) is 6.57. The Morgan fingerprint density at radius 2 is 2.04 bits per heavy atom.